The van der Waals surface area contributed by atoms with Gasteiger partial charge < -0.3 is 5.32 Å². The van der Waals surface area contributed by atoms with Crippen LogP contribution in [-0.4, -0.2) is 0 Å². The Morgan fingerprint density at radius 1 is 1.05 bits per heavy atom. The highest BCUT2D eigenvalue weighted by Gasteiger charge is 2.30. The van der Waals surface area contributed by atoms with Crippen molar-refractivity contribution in [2.24, 2.45) is 0 Å². The second kappa shape index (κ2) is 4.54. The van der Waals surface area contributed by atoms with Crippen LogP contribution in [0.1, 0.15) is 28.3 Å². The Hall–Kier alpha value is -1.97. The Bertz CT molecular complexity index is 629. The first-order chi connectivity index (χ1) is 9.45. The highest BCUT2D eigenvalue weighted by Crippen LogP contribution is 2.37. The van der Waals surface area contributed by atoms with E-state index in [1.165, 1.54) is 5.56 Å². The fourth-order valence-corrected chi connectivity index (χ4v) is 2.66. The van der Waals surface area contributed by atoms with Crippen molar-refractivity contribution in [1.29, 1.82) is 0 Å². The Morgan fingerprint density at radius 2 is 1.75 bits per heavy atom. The minimum absolute atomic E-state index is 0.0494. The maximum atomic E-state index is 12.5. The fourth-order valence-electron chi connectivity index (χ4n) is 2.66. The molecule has 20 heavy (non-hydrogen) atoms. The smallest absolute Gasteiger partial charge is 0.377 e. The number of anilines is 1. The molecule has 0 radical (unpaired) electrons. The molecule has 0 spiro atoms. The number of alkyl halides is 3. The first kappa shape index (κ1) is 13.0. The van der Waals surface area contributed by atoms with Gasteiger partial charge in [0.2, 0.25) is 0 Å². The summed E-state index contributed by atoms with van der Waals surface area (Å²) in [5, 5.41) is 3.40. The summed E-state index contributed by atoms with van der Waals surface area (Å²) < 4.78 is 37.6. The summed E-state index contributed by atoms with van der Waals surface area (Å²) in [6.07, 6.45) is -3.47. The van der Waals surface area contributed by atoms with Gasteiger partial charge in [0.25, 0.3) is 0 Å². The average molecular weight is 277 g/mol. The number of hydrogen-bond acceptors (Lipinski definition) is 1. The van der Waals surface area contributed by atoms with Crippen LogP contribution in [0.15, 0.2) is 42.5 Å². The van der Waals surface area contributed by atoms with Crippen LogP contribution in [0, 0.1) is 6.92 Å². The van der Waals surface area contributed by atoms with Gasteiger partial charge in [0.1, 0.15) is 0 Å². The van der Waals surface area contributed by atoms with Crippen LogP contribution >= 0.6 is 0 Å². The standard InChI is InChI=1S/C16H14F3N/c1-10-3-2-4-12-9-14(20-15(10)12)11-5-7-13(8-6-11)16(17,18)19/h2-8,14,20H,9H2,1H3. The molecule has 1 aliphatic heterocycles. The second-order valence-electron chi connectivity index (χ2n) is 5.13. The van der Waals surface area contributed by atoms with Crippen molar-refractivity contribution in [3.63, 3.8) is 0 Å². The molecule has 0 amide bonds. The lowest BCUT2D eigenvalue weighted by Gasteiger charge is -2.14. The molecule has 1 unspecified atom stereocenters. The summed E-state index contributed by atoms with van der Waals surface area (Å²) in [5.74, 6) is 0. The van der Waals surface area contributed by atoms with E-state index in [9.17, 15) is 13.2 Å². The van der Waals surface area contributed by atoms with Crippen molar-refractivity contribution in [1.82, 2.24) is 0 Å². The molecular formula is C16H14F3N. The van der Waals surface area contributed by atoms with E-state index < -0.39 is 11.7 Å². The summed E-state index contributed by atoms with van der Waals surface area (Å²) >= 11 is 0. The molecule has 0 saturated heterocycles. The largest absolute Gasteiger partial charge is 0.416 e. The van der Waals surface area contributed by atoms with Gasteiger partial charge in [-0.25, -0.2) is 0 Å². The number of hydrogen-bond donors (Lipinski definition) is 1. The van der Waals surface area contributed by atoms with Gasteiger partial charge in [0.05, 0.1) is 11.6 Å². The number of para-hydroxylation sites is 1. The molecule has 2 aromatic rings. The predicted octanol–water partition coefficient (Wildman–Crippen LogP) is 4.72. The minimum atomic E-state index is -4.28. The van der Waals surface area contributed by atoms with E-state index in [0.717, 1.165) is 35.4 Å². The monoisotopic (exact) mass is 277 g/mol. The summed E-state index contributed by atoms with van der Waals surface area (Å²) in [7, 11) is 0. The summed E-state index contributed by atoms with van der Waals surface area (Å²) in [5.41, 5.74) is 3.77. The van der Waals surface area contributed by atoms with Gasteiger partial charge in [-0.1, -0.05) is 30.3 Å². The zero-order chi connectivity index (χ0) is 14.3. The van der Waals surface area contributed by atoms with Crippen molar-refractivity contribution in [3.8, 4) is 0 Å². The van der Waals surface area contributed by atoms with Gasteiger partial charge in [-0.3, -0.25) is 0 Å². The van der Waals surface area contributed by atoms with E-state index in [1.807, 2.05) is 19.1 Å². The summed E-state index contributed by atoms with van der Waals surface area (Å²) in [6.45, 7) is 2.03. The van der Waals surface area contributed by atoms with Crippen molar-refractivity contribution in [2.75, 3.05) is 5.32 Å². The van der Waals surface area contributed by atoms with Crippen molar-refractivity contribution >= 4 is 5.69 Å². The molecule has 1 N–H and O–H groups in total. The van der Waals surface area contributed by atoms with E-state index in [2.05, 4.69) is 11.4 Å². The third-order valence-electron chi connectivity index (χ3n) is 3.74. The SMILES string of the molecule is Cc1cccc2c1NC(c1ccc(C(F)(F)F)cc1)C2. The lowest BCUT2D eigenvalue weighted by Crippen LogP contribution is -2.08. The van der Waals surface area contributed by atoms with Crippen LogP contribution in [0.5, 0.6) is 0 Å². The number of rotatable bonds is 1. The molecule has 3 rings (SSSR count). The molecule has 1 nitrogen and oxygen atoms in total. The van der Waals surface area contributed by atoms with Crippen LogP contribution in [0.25, 0.3) is 0 Å². The number of benzene rings is 2. The molecule has 0 aromatic heterocycles. The fraction of sp³-hybridized carbons (Fsp3) is 0.250. The molecule has 4 heteroatoms. The van der Waals surface area contributed by atoms with Crippen LogP contribution in [-0.2, 0) is 12.6 Å². The Labute approximate surface area is 115 Å². The third kappa shape index (κ3) is 2.26. The Balaban J connectivity index is 1.85. The molecule has 0 fully saturated rings. The van der Waals surface area contributed by atoms with E-state index in [-0.39, 0.29) is 6.04 Å². The highest BCUT2D eigenvalue weighted by molar-refractivity contribution is 5.62. The van der Waals surface area contributed by atoms with Gasteiger partial charge >= 0.3 is 6.18 Å². The van der Waals surface area contributed by atoms with E-state index >= 15 is 0 Å². The van der Waals surface area contributed by atoms with Crippen LogP contribution in [0.3, 0.4) is 0 Å². The average Bonchev–Trinajstić information content (AvgIpc) is 2.83. The topological polar surface area (TPSA) is 12.0 Å². The molecule has 1 heterocycles. The zero-order valence-electron chi connectivity index (χ0n) is 11.0. The number of nitrogens with one attached hydrogen (secondary N) is 1. The molecule has 1 atom stereocenters. The third-order valence-corrected chi connectivity index (χ3v) is 3.74. The first-order valence-corrected chi connectivity index (χ1v) is 6.47. The lowest BCUT2D eigenvalue weighted by atomic mass is 10.0. The molecule has 104 valence electrons. The van der Waals surface area contributed by atoms with E-state index in [0.29, 0.717) is 0 Å². The predicted molar refractivity (Wildman–Crippen MR) is 72.7 cm³/mol. The zero-order valence-corrected chi connectivity index (χ0v) is 11.0. The van der Waals surface area contributed by atoms with Crippen LogP contribution in [0.4, 0.5) is 18.9 Å². The van der Waals surface area contributed by atoms with Gasteiger partial charge in [0.15, 0.2) is 0 Å². The highest BCUT2D eigenvalue weighted by atomic mass is 19.4. The molecular weight excluding hydrogens is 263 g/mol. The minimum Gasteiger partial charge on any atom is -0.377 e. The van der Waals surface area contributed by atoms with Gasteiger partial charge in [-0.2, -0.15) is 13.2 Å². The van der Waals surface area contributed by atoms with Crippen molar-refractivity contribution in [3.05, 3.63) is 64.7 Å². The summed E-state index contributed by atoms with van der Waals surface area (Å²) in [4.78, 5) is 0. The number of halogens is 3. The molecule has 2 aromatic carbocycles. The number of fused-ring (bicyclic) bond motifs is 1. The van der Waals surface area contributed by atoms with E-state index in [1.54, 1.807) is 12.1 Å². The van der Waals surface area contributed by atoms with Crippen LogP contribution < -0.4 is 5.32 Å². The summed E-state index contributed by atoms with van der Waals surface area (Å²) in [6, 6.07) is 11.5. The Kier molecular flexibility index (Phi) is 2.96. The molecule has 0 bridgehead atoms. The van der Waals surface area contributed by atoms with Gasteiger partial charge in [0, 0.05) is 5.69 Å². The molecule has 0 aliphatic carbocycles. The lowest BCUT2D eigenvalue weighted by molar-refractivity contribution is -0.137. The normalized spacial score (nSPS) is 17.7. The van der Waals surface area contributed by atoms with Crippen molar-refractivity contribution in [2.45, 2.75) is 25.6 Å². The van der Waals surface area contributed by atoms with E-state index in [4.69, 9.17) is 0 Å². The van der Waals surface area contributed by atoms with Gasteiger partial charge in [-0.15, -0.1) is 0 Å². The molecule has 1 aliphatic rings. The van der Waals surface area contributed by atoms with Crippen molar-refractivity contribution < 1.29 is 13.2 Å². The molecule has 0 saturated carbocycles. The Morgan fingerprint density at radius 3 is 2.35 bits per heavy atom. The quantitative estimate of drug-likeness (QED) is 0.795. The second-order valence-corrected chi connectivity index (χ2v) is 5.13. The number of aryl methyl sites for hydroxylation is 1. The van der Waals surface area contributed by atoms with Crippen LogP contribution in [0.2, 0.25) is 0 Å². The van der Waals surface area contributed by atoms with Gasteiger partial charge in [-0.05, 0) is 42.2 Å². The maximum absolute atomic E-state index is 12.5. The first-order valence-electron chi connectivity index (χ1n) is 6.47. The maximum Gasteiger partial charge on any atom is 0.416 e.